The summed E-state index contributed by atoms with van der Waals surface area (Å²) in [5, 5.41) is 0. The van der Waals surface area contributed by atoms with Crippen molar-refractivity contribution < 1.29 is 14.3 Å². The lowest BCUT2D eigenvalue weighted by Gasteiger charge is -2.33. The lowest BCUT2D eigenvalue weighted by molar-refractivity contribution is 0.0180. The van der Waals surface area contributed by atoms with Gasteiger partial charge < -0.3 is 15.4 Å². The summed E-state index contributed by atoms with van der Waals surface area (Å²) >= 11 is 0. The Bertz CT molecular complexity index is 597. The van der Waals surface area contributed by atoms with Crippen LogP contribution in [0, 0.1) is 5.92 Å². The maximum Gasteiger partial charge on any atom is 0.410 e. The lowest BCUT2D eigenvalue weighted by Crippen LogP contribution is -2.41. The fraction of sp³-hybridized carbons (Fsp3) is 0.619. The van der Waals surface area contributed by atoms with Crippen LogP contribution in [0.4, 0.5) is 4.79 Å². The van der Waals surface area contributed by atoms with E-state index in [0.29, 0.717) is 11.5 Å². The number of ether oxygens (including phenoxy) is 1. The second kappa shape index (κ2) is 9.06. The van der Waals surface area contributed by atoms with Crippen LogP contribution < -0.4 is 5.73 Å². The van der Waals surface area contributed by atoms with E-state index < -0.39 is 5.60 Å². The lowest BCUT2D eigenvalue weighted by atomic mass is 9.91. The molecule has 0 saturated carbocycles. The SMILES string of the molecule is CC(C)(C)OC(=O)N1CCC(CCCCc2ccc(C(N)=O)cc2)CC1. The molecule has 0 spiro atoms. The second-order valence-corrected chi connectivity index (χ2v) is 8.22. The van der Waals surface area contributed by atoms with Crippen molar-refractivity contribution in [3.63, 3.8) is 0 Å². The van der Waals surface area contributed by atoms with Gasteiger partial charge >= 0.3 is 6.09 Å². The summed E-state index contributed by atoms with van der Waals surface area (Å²) in [5.41, 5.74) is 6.63. The Kier molecular flexibility index (Phi) is 7.06. The molecule has 1 aromatic rings. The fourth-order valence-electron chi connectivity index (χ4n) is 3.33. The number of hydrogen-bond donors (Lipinski definition) is 1. The van der Waals surface area contributed by atoms with E-state index in [4.69, 9.17) is 10.5 Å². The molecule has 144 valence electrons. The molecule has 0 bridgehead atoms. The normalized spacial score (nSPS) is 15.7. The van der Waals surface area contributed by atoms with E-state index in [-0.39, 0.29) is 12.0 Å². The van der Waals surface area contributed by atoms with Crippen molar-refractivity contribution in [2.75, 3.05) is 13.1 Å². The molecule has 1 saturated heterocycles. The first-order valence-corrected chi connectivity index (χ1v) is 9.61. The van der Waals surface area contributed by atoms with Gasteiger partial charge in [0.05, 0.1) is 0 Å². The number of primary amides is 1. The van der Waals surface area contributed by atoms with E-state index in [2.05, 4.69) is 0 Å². The number of amides is 2. The molecule has 1 aliphatic rings. The molecule has 1 aromatic carbocycles. The number of rotatable bonds is 6. The van der Waals surface area contributed by atoms with Crippen LogP contribution in [0.1, 0.15) is 68.8 Å². The monoisotopic (exact) mass is 360 g/mol. The number of piperidine rings is 1. The summed E-state index contributed by atoms with van der Waals surface area (Å²) in [4.78, 5) is 25.0. The van der Waals surface area contributed by atoms with E-state index in [1.54, 1.807) is 12.1 Å². The maximum absolute atomic E-state index is 12.1. The van der Waals surface area contributed by atoms with E-state index in [1.807, 2.05) is 37.8 Å². The average molecular weight is 360 g/mol. The number of carbonyl (C=O) groups excluding carboxylic acids is 2. The Morgan fingerprint density at radius 2 is 1.73 bits per heavy atom. The van der Waals surface area contributed by atoms with Crippen LogP contribution in [0.5, 0.6) is 0 Å². The molecule has 0 atom stereocenters. The van der Waals surface area contributed by atoms with E-state index in [9.17, 15) is 9.59 Å². The summed E-state index contributed by atoms with van der Waals surface area (Å²) in [6.45, 7) is 7.31. The number of likely N-dealkylation sites (tertiary alicyclic amines) is 1. The topological polar surface area (TPSA) is 72.6 Å². The molecule has 5 heteroatoms. The Labute approximate surface area is 156 Å². The molecule has 5 nitrogen and oxygen atoms in total. The average Bonchev–Trinajstić information content (AvgIpc) is 2.58. The Balaban J connectivity index is 1.63. The van der Waals surface area contributed by atoms with Crippen LogP contribution in [-0.4, -0.2) is 35.6 Å². The number of nitrogens with zero attached hydrogens (tertiary/aromatic N) is 1. The first kappa shape index (κ1) is 20.3. The minimum Gasteiger partial charge on any atom is -0.444 e. The second-order valence-electron chi connectivity index (χ2n) is 8.22. The van der Waals surface area contributed by atoms with Crippen LogP contribution in [0.2, 0.25) is 0 Å². The molecule has 2 amide bonds. The van der Waals surface area contributed by atoms with Crippen molar-refractivity contribution in [3.8, 4) is 0 Å². The van der Waals surface area contributed by atoms with Crippen LogP contribution in [0.25, 0.3) is 0 Å². The molecule has 1 heterocycles. The van der Waals surface area contributed by atoms with Gasteiger partial charge in [0, 0.05) is 18.7 Å². The fourth-order valence-corrected chi connectivity index (χ4v) is 3.33. The highest BCUT2D eigenvalue weighted by molar-refractivity contribution is 5.92. The molecule has 26 heavy (non-hydrogen) atoms. The number of unbranched alkanes of at least 4 members (excludes halogenated alkanes) is 1. The predicted molar refractivity (Wildman–Crippen MR) is 103 cm³/mol. The number of hydrogen-bond acceptors (Lipinski definition) is 3. The van der Waals surface area contributed by atoms with Crippen LogP contribution in [-0.2, 0) is 11.2 Å². The van der Waals surface area contributed by atoms with Gasteiger partial charge in [0.1, 0.15) is 5.60 Å². The predicted octanol–water partition coefficient (Wildman–Crippen LogP) is 4.15. The first-order chi connectivity index (χ1) is 12.2. The molecule has 2 rings (SSSR count). The van der Waals surface area contributed by atoms with Gasteiger partial charge in [0.15, 0.2) is 0 Å². The zero-order chi connectivity index (χ0) is 19.2. The zero-order valence-corrected chi connectivity index (χ0v) is 16.3. The summed E-state index contributed by atoms with van der Waals surface area (Å²) in [6.07, 6.45) is 6.50. The largest absolute Gasteiger partial charge is 0.444 e. The molecule has 0 unspecified atom stereocenters. The Morgan fingerprint density at radius 1 is 1.12 bits per heavy atom. The number of aryl methyl sites for hydroxylation is 1. The van der Waals surface area contributed by atoms with E-state index in [0.717, 1.165) is 38.8 Å². The van der Waals surface area contributed by atoms with Crippen molar-refractivity contribution in [2.45, 2.75) is 64.9 Å². The minimum absolute atomic E-state index is 0.185. The number of benzene rings is 1. The third-order valence-electron chi connectivity index (χ3n) is 4.83. The van der Waals surface area contributed by atoms with Crippen LogP contribution in [0.3, 0.4) is 0 Å². The molecule has 1 aliphatic heterocycles. The van der Waals surface area contributed by atoms with Crippen molar-refractivity contribution in [3.05, 3.63) is 35.4 Å². The highest BCUT2D eigenvalue weighted by Crippen LogP contribution is 2.24. The summed E-state index contributed by atoms with van der Waals surface area (Å²) < 4.78 is 5.44. The van der Waals surface area contributed by atoms with E-state index in [1.165, 1.54) is 18.4 Å². The molecular formula is C21H32N2O3. The molecule has 0 radical (unpaired) electrons. The number of nitrogens with two attached hydrogens (primary N) is 1. The van der Waals surface area contributed by atoms with E-state index >= 15 is 0 Å². The van der Waals surface area contributed by atoms with Gasteiger partial charge in [-0.1, -0.05) is 25.0 Å². The van der Waals surface area contributed by atoms with Gasteiger partial charge in [0.2, 0.25) is 5.91 Å². The van der Waals surface area contributed by atoms with Crippen LogP contribution in [0.15, 0.2) is 24.3 Å². The Hall–Kier alpha value is -2.04. The van der Waals surface area contributed by atoms with Gasteiger partial charge in [-0.2, -0.15) is 0 Å². The van der Waals surface area contributed by atoms with Crippen molar-refractivity contribution in [1.82, 2.24) is 4.90 Å². The summed E-state index contributed by atoms with van der Waals surface area (Å²) in [5.74, 6) is 0.320. The summed E-state index contributed by atoms with van der Waals surface area (Å²) in [7, 11) is 0. The highest BCUT2D eigenvalue weighted by Gasteiger charge is 2.26. The molecular weight excluding hydrogens is 328 g/mol. The van der Waals surface area contributed by atoms with Gasteiger partial charge in [-0.25, -0.2) is 4.79 Å². The minimum atomic E-state index is -0.427. The van der Waals surface area contributed by atoms with Gasteiger partial charge in [-0.15, -0.1) is 0 Å². The molecule has 2 N–H and O–H groups in total. The molecule has 0 aromatic heterocycles. The zero-order valence-electron chi connectivity index (χ0n) is 16.3. The third-order valence-corrected chi connectivity index (χ3v) is 4.83. The van der Waals surface area contributed by atoms with Gasteiger partial charge in [0.25, 0.3) is 0 Å². The standard InChI is InChI=1S/C21H32N2O3/c1-21(2,3)26-20(25)23-14-12-17(13-15-23)7-5-4-6-16-8-10-18(11-9-16)19(22)24/h8-11,17H,4-7,12-15H2,1-3H3,(H2,22,24). The smallest absolute Gasteiger partial charge is 0.410 e. The van der Waals surface area contributed by atoms with Gasteiger partial charge in [-0.3, -0.25) is 4.79 Å². The highest BCUT2D eigenvalue weighted by atomic mass is 16.6. The molecule has 0 aliphatic carbocycles. The van der Waals surface area contributed by atoms with Crippen molar-refractivity contribution >= 4 is 12.0 Å². The first-order valence-electron chi connectivity index (χ1n) is 9.61. The maximum atomic E-state index is 12.1. The van der Waals surface area contributed by atoms with Gasteiger partial charge in [-0.05, 0) is 70.1 Å². The van der Waals surface area contributed by atoms with Crippen molar-refractivity contribution in [2.24, 2.45) is 11.7 Å². The third kappa shape index (κ3) is 6.70. The van der Waals surface area contributed by atoms with Crippen LogP contribution >= 0.6 is 0 Å². The summed E-state index contributed by atoms with van der Waals surface area (Å²) in [6, 6.07) is 7.56. The molecule has 1 fully saturated rings. The van der Waals surface area contributed by atoms with Crippen molar-refractivity contribution in [1.29, 1.82) is 0 Å². The Morgan fingerprint density at radius 3 is 2.27 bits per heavy atom. The quantitative estimate of drug-likeness (QED) is 0.775. The number of carbonyl (C=O) groups is 2.